The molecular weight excluding hydrogens is 1490 g/mol. The van der Waals surface area contributed by atoms with E-state index in [1.807, 2.05) is 166 Å². The maximum atomic E-state index is 12.5. The lowest BCUT2D eigenvalue weighted by Gasteiger charge is -2.17. The second kappa shape index (κ2) is 37.8. The summed E-state index contributed by atoms with van der Waals surface area (Å²) in [7, 11) is 5.01. The van der Waals surface area contributed by atoms with Crippen molar-refractivity contribution in [3.63, 3.8) is 0 Å². The molecule has 0 saturated heterocycles. The summed E-state index contributed by atoms with van der Waals surface area (Å²) in [6, 6.07) is 88.5. The number of halogens is 1. The van der Waals surface area contributed by atoms with Crippen LogP contribution in [0.5, 0.6) is 40.2 Å². The summed E-state index contributed by atoms with van der Waals surface area (Å²) < 4.78 is 46.7. The summed E-state index contributed by atoms with van der Waals surface area (Å²) in [5, 5.41) is 18.4. The summed E-state index contributed by atoms with van der Waals surface area (Å²) in [6.07, 6.45) is 4.40. The lowest BCUT2D eigenvalue weighted by atomic mass is 10.0. The van der Waals surface area contributed by atoms with Gasteiger partial charge in [0.15, 0.2) is 16.3 Å². The third-order valence-corrected chi connectivity index (χ3v) is 23.6. The van der Waals surface area contributed by atoms with E-state index in [2.05, 4.69) is 137 Å². The van der Waals surface area contributed by atoms with E-state index in [4.69, 9.17) is 44.8 Å². The maximum absolute atomic E-state index is 12.5. The molecule has 0 amide bonds. The molecule has 0 fully saturated rings. The zero-order valence-electron chi connectivity index (χ0n) is 65.8. The van der Waals surface area contributed by atoms with Gasteiger partial charge in [-0.25, -0.2) is 0 Å². The summed E-state index contributed by atoms with van der Waals surface area (Å²) >= 11 is 11.0. The summed E-state index contributed by atoms with van der Waals surface area (Å²) in [4.78, 5) is 37.2. The normalized spacial score (nSPS) is 11.1. The number of fused-ring (bicyclic) bond motifs is 12. The van der Waals surface area contributed by atoms with Gasteiger partial charge >= 0.3 is 0 Å². The molecule has 0 aliphatic heterocycles. The van der Waals surface area contributed by atoms with Crippen molar-refractivity contribution in [3.8, 4) is 40.2 Å². The van der Waals surface area contributed by atoms with E-state index in [-0.39, 0.29) is 16.3 Å². The van der Waals surface area contributed by atoms with Gasteiger partial charge in [0.05, 0.1) is 62.9 Å². The Kier molecular flexibility index (Phi) is 26.7. The fraction of sp³-hybridized carbons (Fsp3) is 0.190. The summed E-state index contributed by atoms with van der Waals surface area (Å²) in [6.45, 7) is 17.5. The molecule has 0 spiro atoms. The molecule has 15 aromatic carbocycles. The number of benzene rings is 15. The third-order valence-electron chi connectivity index (χ3n) is 19.8. The average molecular weight is 1580 g/mol. The first-order chi connectivity index (χ1) is 55.7. The van der Waals surface area contributed by atoms with E-state index in [0.717, 1.165) is 193 Å². The molecule has 0 bridgehead atoms. The van der Waals surface area contributed by atoms with Crippen molar-refractivity contribution in [2.75, 3.05) is 47.8 Å². The highest BCUT2D eigenvalue weighted by atomic mass is 35.5. The van der Waals surface area contributed by atoms with Crippen LogP contribution in [0.3, 0.4) is 0 Å². The fourth-order valence-electron chi connectivity index (χ4n) is 14.2. The minimum Gasteiger partial charge on any atom is -0.495 e. The lowest BCUT2D eigenvalue weighted by Crippen LogP contribution is -2.02. The molecule has 0 radical (unpaired) electrons. The quantitative estimate of drug-likeness (QED) is 0.0684. The van der Waals surface area contributed by atoms with Crippen molar-refractivity contribution in [2.24, 2.45) is 0 Å². The molecule has 10 nitrogen and oxygen atoms in total. The van der Waals surface area contributed by atoms with Gasteiger partial charge in [-0.2, -0.15) is 0 Å². The second-order valence-corrected chi connectivity index (χ2v) is 31.2. The predicted molar refractivity (Wildman–Crippen MR) is 488 cm³/mol. The Balaban J connectivity index is 0.000000120. The number of aryl methyl sites for hydroxylation is 1. The van der Waals surface area contributed by atoms with Crippen LogP contribution in [0, 0.1) is 6.92 Å². The van der Waals surface area contributed by atoms with Gasteiger partial charge in [0.1, 0.15) is 40.2 Å². The van der Waals surface area contributed by atoms with Crippen LogP contribution in [0.4, 0.5) is 0 Å². The fourth-order valence-corrected chi connectivity index (χ4v) is 17.8. The number of hydrogen-bond donors (Lipinski definition) is 0. The number of unbranched alkanes of at least 4 members (excludes halogenated alkanes) is 2. The first-order valence-corrected chi connectivity index (χ1v) is 41.5. The first-order valence-electron chi connectivity index (χ1n) is 38.7. The predicted octanol–water partition coefficient (Wildman–Crippen LogP) is 27.5. The molecule has 114 heavy (non-hydrogen) atoms. The van der Waals surface area contributed by atoms with E-state index < -0.39 is 0 Å². The van der Waals surface area contributed by atoms with Gasteiger partial charge in [0.25, 0.3) is 0 Å². The molecular formula is C100H91ClO10S3. The van der Waals surface area contributed by atoms with Crippen LogP contribution in [0.15, 0.2) is 281 Å². The standard InChI is InChI=1S/C22H26O2.C18H18O2.C16H14O2.C16H14OS.C14H9ClO2S.C14H10OS/c1-3-5-15-23-21-17-11-7-9-13-19(17)22(24-16-6-4-2)20-14-10-8-12-18(20)21;1-3-19-17-13-9-5-7-11-15(13)18(20-4-2)16-12-8-6-10-14(16)17;1-17-15-11-7-3-5-9-13(11)16(18-2)14-10-6-4-8-12(14)15;1-10(2)11-7-8-15-13(9-11)16(17)12-5-3-4-6-14(12)18-15;1-17-10-7-6-9(15)12-13(16)8-4-2-3-5-11(8)18-14(10)12;1-9-6-7-13-11(8-9)14(15)10-4-2-3-5-12(10)16-13/h7-14H,3-6,15-16H2,1-2H3;5-12H,3-4H2,1-2H3;2*3-10H,1-2H3;2-7H,1H3;2-8H,1H3. The van der Waals surface area contributed by atoms with Crippen LogP contribution in [0.2, 0.25) is 5.02 Å². The van der Waals surface area contributed by atoms with E-state index >= 15 is 0 Å². The number of hydrogen-bond acceptors (Lipinski definition) is 13. The molecule has 0 atom stereocenters. The van der Waals surface area contributed by atoms with E-state index in [0.29, 0.717) is 40.7 Å². The van der Waals surface area contributed by atoms with Crippen molar-refractivity contribution in [3.05, 3.63) is 314 Å². The van der Waals surface area contributed by atoms with Gasteiger partial charge in [-0.3, -0.25) is 14.4 Å². The Hall–Kier alpha value is -11.6. The van der Waals surface area contributed by atoms with Crippen LogP contribution in [0.1, 0.15) is 84.3 Å². The van der Waals surface area contributed by atoms with Crippen LogP contribution >= 0.6 is 45.6 Å². The maximum Gasteiger partial charge on any atom is 0.197 e. The largest absolute Gasteiger partial charge is 0.495 e. The van der Waals surface area contributed by atoms with Gasteiger partial charge in [-0.05, 0) is 118 Å². The van der Waals surface area contributed by atoms with Gasteiger partial charge in [0, 0.05) is 115 Å². The Bertz CT molecular complexity index is 6320. The van der Waals surface area contributed by atoms with Gasteiger partial charge < -0.3 is 33.2 Å². The van der Waals surface area contributed by atoms with Crippen molar-refractivity contribution in [1.82, 2.24) is 0 Å². The Morgan fingerprint density at radius 1 is 0.316 bits per heavy atom. The lowest BCUT2D eigenvalue weighted by molar-refractivity contribution is 0.311. The van der Waals surface area contributed by atoms with Crippen LogP contribution in [0.25, 0.3) is 125 Å². The molecule has 18 aromatic rings. The molecule has 14 heteroatoms. The molecule has 3 heterocycles. The van der Waals surface area contributed by atoms with E-state index in [1.54, 1.807) is 56.1 Å². The molecule has 0 aliphatic carbocycles. The van der Waals surface area contributed by atoms with Gasteiger partial charge in [-0.1, -0.05) is 252 Å². The highest BCUT2D eigenvalue weighted by Crippen LogP contribution is 2.46. The molecule has 0 N–H and O–H groups in total. The van der Waals surface area contributed by atoms with E-state index in [1.165, 1.54) is 16.9 Å². The summed E-state index contributed by atoms with van der Waals surface area (Å²) in [5.74, 6) is 6.80. The van der Waals surface area contributed by atoms with E-state index in [9.17, 15) is 14.4 Å². The zero-order valence-corrected chi connectivity index (χ0v) is 69.0. The molecule has 0 saturated carbocycles. The molecule has 3 aromatic heterocycles. The van der Waals surface area contributed by atoms with Crippen LogP contribution < -0.4 is 49.4 Å². The highest BCUT2D eigenvalue weighted by molar-refractivity contribution is 7.25. The SMILES string of the molecule is CC(C)c1ccc2sc3ccccc3c(=O)c2c1.CCCCOc1c2ccccc2c(OCCCC)c2ccccc12.CCOc1c2ccccc2c(OCC)c2ccccc12.COc1c2ccccc2c(OC)c2ccccc12.COc1ccc(Cl)c2c(=O)c3ccccc3sc12.Cc1ccc2sc3ccccc3c(=O)c2c1. The van der Waals surface area contributed by atoms with Crippen molar-refractivity contribution in [1.29, 1.82) is 0 Å². The number of rotatable bonds is 16. The van der Waals surface area contributed by atoms with Crippen molar-refractivity contribution >= 4 is 171 Å². The van der Waals surface area contributed by atoms with Crippen LogP contribution in [-0.4, -0.2) is 47.8 Å². The summed E-state index contributed by atoms with van der Waals surface area (Å²) in [5.41, 5.74) is 2.62. The van der Waals surface area contributed by atoms with Gasteiger partial charge in [-0.15, -0.1) is 34.0 Å². The Labute approximate surface area is 680 Å². The Morgan fingerprint density at radius 3 is 0.965 bits per heavy atom. The first kappa shape index (κ1) is 80.5. The highest BCUT2D eigenvalue weighted by Gasteiger charge is 2.20. The minimum absolute atomic E-state index is 0.0387. The monoisotopic (exact) mass is 1580 g/mol. The van der Waals surface area contributed by atoms with Crippen LogP contribution in [-0.2, 0) is 0 Å². The topological polar surface area (TPSA) is 116 Å². The molecule has 0 aliphatic rings. The van der Waals surface area contributed by atoms with Crippen molar-refractivity contribution < 1.29 is 33.2 Å². The zero-order chi connectivity index (χ0) is 79.8. The molecule has 576 valence electrons. The number of methoxy groups -OCH3 is 3. The second-order valence-electron chi connectivity index (χ2n) is 27.6. The third kappa shape index (κ3) is 17.2. The van der Waals surface area contributed by atoms with Gasteiger partial charge in [0.2, 0.25) is 0 Å². The average Bonchev–Trinajstić information content (AvgIpc) is 0.760. The smallest absolute Gasteiger partial charge is 0.197 e. The minimum atomic E-state index is -0.0387. The molecule has 18 rings (SSSR count). The molecule has 0 unspecified atom stereocenters. The number of ether oxygens (including phenoxy) is 7. The van der Waals surface area contributed by atoms with Crippen molar-refractivity contribution in [2.45, 2.75) is 80.1 Å². The Morgan fingerprint density at radius 2 is 0.623 bits per heavy atom.